The van der Waals surface area contributed by atoms with Crippen molar-refractivity contribution in [3.05, 3.63) is 59.7 Å². The number of benzene rings is 2. The molecule has 2 atom stereocenters. The Hall–Kier alpha value is -2.10. The van der Waals surface area contributed by atoms with Crippen LogP contribution in [0.25, 0.3) is 11.1 Å². The van der Waals surface area contributed by atoms with Gasteiger partial charge in [0.05, 0.1) is 18.2 Å². The van der Waals surface area contributed by atoms with E-state index < -0.39 is 0 Å². The number of nitrogens with one attached hydrogen (secondary N) is 1. The Kier molecular flexibility index (Phi) is 8.69. The first-order valence-corrected chi connectivity index (χ1v) is 9.94. The lowest BCUT2D eigenvalue weighted by Crippen LogP contribution is -2.49. The molecule has 5 nitrogen and oxygen atoms in total. The summed E-state index contributed by atoms with van der Waals surface area (Å²) in [5.41, 5.74) is 4.28. The third-order valence-electron chi connectivity index (χ3n) is 5.85. The lowest BCUT2D eigenvalue weighted by molar-refractivity contribution is -0.131. The van der Waals surface area contributed by atoms with Crippen molar-refractivity contribution in [3.63, 3.8) is 0 Å². The number of amides is 1. The molecule has 0 radical (unpaired) electrons. The molecule has 0 bridgehead atoms. The van der Waals surface area contributed by atoms with Crippen molar-refractivity contribution in [1.82, 2.24) is 15.1 Å². The van der Waals surface area contributed by atoms with E-state index in [-0.39, 0.29) is 30.7 Å². The molecule has 2 aromatic carbocycles. The summed E-state index contributed by atoms with van der Waals surface area (Å²) in [6, 6.07) is 18.9. The highest BCUT2D eigenvalue weighted by Gasteiger charge is 2.38. The van der Waals surface area contributed by atoms with E-state index in [1.807, 2.05) is 29.2 Å². The molecule has 1 saturated heterocycles. The molecule has 160 valence electrons. The van der Waals surface area contributed by atoms with Crippen LogP contribution in [0.3, 0.4) is 0 Å². The summed E-state index contributed by atoms with van der Waals surface area (Å²) in [6.45, 7) is 4.03. The molecule has 2 fully saturated rings. The van der Waals surface area contributed by atoms with Crippen LogP contribution in [-0.2, 0) is 4.79 Å². The largest absolute Gasteiger partial charge is 0.339 e. The van der Waals surface area contributed by atoms with E-state index in [4.69, 9.17) is 5.26 Å². The van der Waals surface area contributed by atoms with Gasteiger partial charge in [-0.15, -0.1) is 24.8 Å². The summed E-state index contributed by atoms with van der Waals surface area (Å²) < 4.78 is 0. The van der Waals surface area contributed by atoms with Crippen LogP contribution in [0, 0.1) is 11.3 Å². The van der Waals surface area contributed by atoms with Gasteiger partial charge in [-0.05, 0) is 42.3 Å². The zero-order valence-electron chi connectivity index (χ0n) is 17.1. The van der Waals surface area contributed by atoms with Crippen LogP contribution in [0.5, 0.6) is 0 Å². The Morgan fingerprint density at radius 1 is 1.00 bits per heavy atom. The molecule has 2 aliphatic rings. The highest BCUT2D eigenvalue weighted by atomic mass is 35.5. The van der Waals surface area contributed by atoms with Crippen molar-refractivity contribution < 1.29 is 4.79 Å². The minimum atomic E-state index is 0. The van der Waals surface area contributed by atoms with Gasteiger partial charge in [0.15, 0.2) is 0 Å². The molecule has 30 heavy (non-hydrogen) atoms. The average molecular weight is 447 g/mol. The zero-order chi connectivity index (χ0) is 19.5. The van der Waals surface area contributed by atoms with E-state index in [0.717, 1.165) is 43.7 Å². The van der Waals surface area contributed by atoms with Crippen LogP contribution in [0.2, 0.25) is 0 Å². The Morgan fingerprint density at radius 3 is 2.13 bits per heavy atom. The molecule has 0 aromatic heterocycles. The second kappa shape index (κ2) is 10.8. The van der Waals surface area contributed by atoms with Gasteiger partial charge in [-0.1, -0.05) is 36.4 Å². The Labute approximate surface area is 190 Å². The molecule has 1 saturated carbocycles. The third-order valence-corrected chi connectivity index (χ3v) is 5.85. The number of rotatable bonds is 5. The fourth-order valence-electron chi connectivity index (χ4n) is 3.84. The van der Waals surface area contributed by atoms with Crippen molar-refractivity contribution in [2.75, 3.05) is 39.8 Å². The highest BCUT2D eigenvalue weighted by molar-refractivity contribution is 5.85. The quantitative estimate of drug-likeness (QED) is 0.765. The minimum Gasteiger partial charge on any atom is -0.339 e. The Bertz CT molecular complexity index is 872. The van der Waals surface area contributed by atoms with Gasteiger partial charge in [-0.25, -0.2) is 0 Å². The lowest BCUT2D eigenvalue weighted by Gasteiger charge is -2.32. The van der Waals surface area contributed by atoms with Crippen molar-refractivity contribution in [3.8, 4) is 17.2 Å². The van der Waals surface area contributed by atoms with Gasteiger partial charge in [0, 0.05) is 38.1 Å². The monoisotopic (exact) mass is 446 g/mol. The SMILES string of the molecule is CN1CCN(C(=O)CN[C@@H]2C[C@H]2c2ccc(-c3ccc(C#N)cc3)cc2)CC1.Cl.Cl. The van der Waals surface area contributed by atoms with Crippen LogP contribution >= 0.6 is 24.8 Å². The maximum absolute atomic E-state index is 12.4. The fourth-order valence-corrected chi connectivity index (χ4v) is 3.84. The van der Waals surface area contributed by atoms with Gasteiger partial charge in [-0.2, -0.15) is 5.26 Å². The van der Waals surface area contributed by atoms with Gasteiger partial charge < -0.3 is 15.1 Å². The molecule has 1 heterocycles. The maximum Gasteiger partial charge on any atom is 0.236 e. The van der Waals surface area contributed by atoms with E-state index in [2.05, 4.69) is 47.6 Å². The van der Waals surface area contributed by atoms with E-state index in [1.165, 1.54) is 5.56 Å². The molecular weight excluding hydrogens is 419 g/mol. The van der Waals surface area contributed by atoms with E-state index in [9.17, 15) is 4.79 Å². The summed E-state index contributed by atoms with van der Waals surface area (Å²) in [6.07, 6.45) is 1.09. The summed E-state index contributed by atoms with van der Waals surface area (Å²) in [5, 5.41) is 12.3. The molecule has 1 N–H and O–H groups in total. The third kappa shape index (κ3) is 5.74. The van der Waals surface area contributed by atoms with Crippen LogP contribution in [-0.4, -0.2) is 61.5 Å². The molecule has 2 aromatic rings. The second-order valence-electron chi connectivity index (χ2n) is 7.82. The van der Waals surface area contributed by atoms with Gasteiger partial charge in [0.1, 0.15) is 0 Å². The van der Waals surface area contributed by atoms with Crippen LogP contribution in [0.4, 0.5) is 0 Å². The van der Waals surface area contributed by atoms with Gasteiger partial charge in [-0.3, -0.25) is 4.79 Å². The zero-order valence-corrected chi connectivity index (χ0v) is 18.7. The molecule has 7 heteroatoms. The number of piperazine rings is 1. The first-order valence-electron chi connectivity index (χ1n) is 9.94. The van der Waals surface area contributed by atoms with Crippen LogP contribution in [0.15, 0.2) is 48.5 Å². The van der Waals surface area contributed by atoms with Crippen molar-refractivity contribution in [1.29, 1.82) is 5.26 Å². The van der Waals surface area contributed by atoms with Gasteiger partial charge >= 0.3 is 0 Å². The molecule has 1 amide bonds. The number of carbonyl (C=O) groups is 1. The lowest BCUT2D eigenvalue weighted by atomic mass is 10.0. The molecule has 1 aliphatic heterocycles. The Balaban J connectivity index is 0.00000160. The number of nitriles is 1. The molecule has 0 spiro atoms. The van der Waals surface area contributed by atoms with E-state index in [0.29, 0.717) is 24.1 Å². The smallest absolute Gasteiger partial charge is 0.236 e. The number of nitrogens with zero attached hydrogens (tertiary/aromatic N) is 3. The number of likely N-dealkylation sites (N-methyl/N-ethyl adjacent to an activating group) is 1. The summed E-state index contributed by atoms with van der Waals surface area (Å²) in [5.74, 6) is 0.713. The standard InChI is InChI=1S/C23H26N4O.2ClH/c1-26-10-12-27(13-11-26)23(28)16-25-22-14-21(22)20-8-6-19(7-9-20)18-4-2-17(15-24)3-5-18;;/h2-9,21-22,25H,10-14,16H2,1H3;2*1H/t21-,22+;;/m0../s1. The van der Waals surface area contributed by atoms with Crippen LogP contribution < -0.4 is 5.32 Å². The number of carbonyl (C=O) groups excluding carboxylic acids is 1. The number of halogens is 2. The second-order valence-corrected chi connectivity index (χ2v) is 7.82. The minimum absolute atomic E-state index is 0. The normalized spacial score (nSPS) is 20.5. The first kappa shape index (κ1) is 24.2. The number of hydrogen-bond donors (Lipinski definition) is 1. The topological polar surface area (TPSA) is 59.4 Å². The molecule has 1 aliphatic carbocycles. The maximum atomic E-state index is 12.4. The molecule has 0 unspecified atom stereocenters. The summed E-state index contributed by atoms with van der Waals surface area (Å²) in [4.78, 5) is 16.6. The highest BCUT2D eigenvalue weighted by Crippen LogP contribution is 2.41. The van der Waals surface area contributed by atoms with Crippen LogP contribution in [0.1, 0.15) is 23.5 Å². The van der Waals surface area contributed by atoms with Crippen molar-refractivity contribution in [2.24, 2.45) is 0 Å². The predicted molar refractivity (Wildman–Crippen MR) is 124 cm³/mol. The first-order chi connectivity index (χ1) is 13.6. The van der Waals surface area contributed by atoms with E-state index >= 15 is 0 Å². The summed E-state index contributed by atoms with van der Waals surface area (Å²) >= 11 is 0. The average Bonchev–Trinajstić information content (AvgIpc) is 3.52. The molecular formula is C23H28Cl2N4O. The predicted octanol–water partition coefficient (Wildman–Crippen LogP) is 3.29. The van der Waals surface area contributed by atoms with Crippen molar-refractivity contribution in [2.45, 2.75) is 18.4 Å². The summed E-state index contributed by atoms with van der Waals surface area (Å²) in [7, 11) is 2.10. The van der Waals surface area contributed by atoms with Crippen molar-refractivity contribution >= 4 is 30.7 Å². The van der Waals surface area contributed by atoms with E-state index in [1.54, 1.807) is 0 Å². The molecule has 4 rings (SSSR count). The van der Waals surface area contributed by atoms with Gasteiger partial charge in [0.25, 0.3) is 0 Å². The Morgan fingerprint density at radius 2 is 1.57 bits per heavy atom. The van der Waals surface area contributed by atoms with Gasteiger partial charge in [0.2, 0.25) is 5.91 Å². The fraction of sp³-hybridized carbons (Fsp3) is 0.391. The number of hydrogen-bond acceptors (Lipinski definition) is 4.